The Bertz CT molecular complexity index is 705. The van der Waals surface area contributed by atoms with E-state index < -0.39 is 0 Å². The fourth-order valence-corrected chi connectivity index (χ4v) is 2.17. The maximum Gasteiger partial charge on any atom is 0.0384 e. The lowest BCUT2D eigenvalue weighted by atomic mass is 10.1. The third-order valence-electron chi connectivity index (χ3n) is 3.63. The maximum absolute atomic E-state index is 4.03. The van der Waals surface area contributed by atoms with Crippen LogP contribution in [0.2, 0.25) is 0 Å². The molecule has 0 radical (unpaired) electrons. The topological polar surface area (TPSA) is 24.1 Å². The quantitative estimate of drug-likeness (QED) is 0.677. The first kappa shape index (κ1) is 16.6. The van der Waals surface area contributed by atoms with Crippen molar-refractivity contribution in [2.45, 2.75) is 13.8 Å². The normalized spacial score (nSPS) is 11.5. The van der Waals surface area contributed by atoms with Gasteiger partial charge in [0.15, 0.2) is 0 Å². The van der Waals surface area contributed by atoms with Crippen LogP contribution in [-0.4, -0.2) is 7.05 Å². The van der Waals surface area contributed by atoms with Crippen molar-refractivity contribution in [3.63, 3.8) is 0 Å². The Hall–Kier alpha value is -2.74. The molecule has 0 spiro atoms. The van der Waals surface area contributed by atoms with E-state index in [4.69, 9.17) is 0 Å². The van der Waals surface area contributed by atoms with Crippen LogP contribution in [0.3, 0.4) is 0 Å². The minimum absolute atomic E-state index is 0.864. The first-order valence-electron chi connectivity index (χ1n) is 7.74. The van der Waals surface area contributed by atoms with Crippen LogP contribution >= 0.6 is 0 Å². The highest BCUT2D eigenvalue weighted by molar-refractivity contribution is 5.67. The van der Waals surface area contributed by atoms with Crippen molar-refractivity contribution >= 4 is 16.9 Å². The summed E-state index contributed by atoms with van der Waals surface area (Å²) in [6.45, 7) is 8.21. The van der Waals surface area contributed by atoms with Gasteiger partial charge in [-0.15, -0.1) is 0 Å². The van der Waals surface area contributed by atoms with Gasteiger partial charge in [-0.05, 0) is 55.3 Å². The summed E-state index contributed by atoms with van der Waals surface area (Å²) >= 11 is 0. The fraction of sp³-hybridized carbons (Fsp3) is 0.143. The lowest BCUT2D eigenvalue weighted by Gasteiger charge is -2.06. The Kier molecular flexibility index (Phi) is 5.81. The summed E-state index contributed by atoms with van der Waals surface area (Å²) in [6.07, 6.45) is 6.09. The van der Waals surface area contributed by atoms with E-state index in [1.165, 1.54) is 16.7 Å². The second-order valence-corrected chi connectivity index (χ2v) is 5.55. The first-order chi connectivity index (χ1) is 11.1. The molecule has 0 fully saturated rings. The highest BCUT2D eigenvalue weighted by atomic mass is 14.9. The summed E-state index contributed by atoms with van der Waals surface area (Å²) in [5, 5.41) is 6.40. The van der Waals surface area contributed by atoms with Gasteiger partial charge in [-0.2, -0.15) is 0 Å². The van der Waals surface area contributed by atoms with Gasteiger partial charge in [0.05, 0.1) is 0 Å². The van der Waals surface area contributed by atoms with Crippen molar-refractivity contribution < 1.29 is 0 Å². The highest BCUT2D eigenvalue weighted by Gasteiger charge is 1.95. The molecule has 23 heavy (non-hydrogen) atoms. The van der Waals surface area contributed by atoms with E-state index in [0.29, 0.717) is 0 Å². The third-order valence-corrected chi connectivity index (χ3v) is 3.63. The van der Waals surface area contributed by atoms with Crippen molar-refractivity contribution in [1.82, 2.24) is 0 Å². The van der Waals surface area contributed by atoms with E-state index in [9.17, 15) is 0 Å². The number of benzene rings is 2. The van der Waals surface area contributed by atoms with Crippen LogP contribution in [0.5, 0.6) is 0 Å². The standard InChI is InChI=1S/C21H24N2/c1-16-8-12-21(13-9-16)23-18(3)7-5-6-17(2)19-10-14-20(22-4)15-11-19/h5-15,22-23H,3H2,1-2,4H3/b7-5-,17-6+. The van der Waals surface area contributed by atoms with Crippen LogP contribution in [0.1, 0.15) is 18.1 Å². The minimum atomic E-state index is 0.864. The number of nitrogens with one attached hydrogen (secondary N) is 2. The SMILES string of the molecule is C=C(/C=C\C=C(/C)c1ccc(NC)cc1)Nc1ccc(C)cc1. The molecule has 0 aromatic heterocycles. The summed E-state index contributed by atoms with van der Waals surface area (Å²) in [5.74, 6) is 0. The van der Waals surface area contributed by atoms with Crippen LogP contribution < -0.4 is 10.6 Å². The second kappa shape index (κ2) is 8.04. The van der Waals surface area contributed by atoms with Gasteiger partial charge >= 0.3 is 0 Å². The third kappa shape index (κ3) is 5.19. The molecule has 0 amide bonds. The lowest BCUT2D eigenvalue weighted by molar-refractivity contribution is 1.43. The van der Waals surface area contributed by atoms with Crippen LogP contribution in [0, 0.1) is 6.92 Å². The van der Waals surface area contributed by atoms with Crippen molar-refractivity contribution in [2.75, 3.05) is 17.7 Å². The Morgan fingerprint density at radius 3 is 2.17 bits per heavy atom. The fourth-order valence-electron chi connectivity index (χ4n) is 2.17. The number of aryl methyl sites for hydroxylation is 1. The summed E-state index contributed by atoms with van der Waals surface area (Å²) in [5.41, 5.74) is 6.71. The molecule has 0 saturated carbocycles. The Balaban J connectivity index is 1.95. The molecule has 0 heterocycles. The van der Waals surface area contributed by atoms with Crippen molar-refractivity contribution in [1.29, 1.82) is 0 Å². The average Bonchev–Trinajstić information content (AvgIpc) is 2.57. The molecular formula is C21H24N2. The molecule has 2 N–H and O–H groups in total. The molecule has 118 valence electrons. The average molecular weight is 304 g/mol. The van der Waals surface area contributed by atoms with Crippen molar-refractivity contribution in [2.24, 2.45) is 0 Å². The molecule has 0 saturated heterocycles. The zero-order valence-corrected chi connectivity index (χ0v) is 14.1. The van der Waals surface area contributed by atoms with Gasteiger partial charge in [0.2, 0.25) is 0 Å². The molecular weight excluding hydrogens is 280 g/mol. The summed E-state index contributed by atoms with van der Waals surface area (Å²) in [4.78, 5) is 0. The molecule has 0 aliphatic rings. The number of hydrogen-bond donors (Lipinski definition) is 2. The van der Waals surface area contributed by atoms with Gasteiger partial charge in [-0.1, -0.05) is 48.6 Å². The minimum Gasteiger partial charge on any atom is -0.388 e. The van der Waals surface area contributed by atoms with E-state index >= 15 is 0 Å². The molecule has 2 aromatic carbocycles. The Morgan fingerprint density at radius 1 is 0.957 bits per heavy atom. The van der Waals surface area contributed by atoms with E-state index in [1.54, 1.807) is 0 Å². The molecule has 0 bridgehead atoms. The van der Waals surface area contributed by atoms with Gasteiger partial charge in [0.25, 0.3) is 0 Å². The Morgan fingerprint density at radius 2 is 1.57 bits per heavy atom. The first-order valence-corrected chi connectivity index (χ1v) is 7.74. The number of allylic oxidation sites excluding steroid dienone is 4. The van der Waals surface area contributed by atoms with Gasteiger partial charge < -0.3 is 10.6 Å². The van der Waals surface area contributed by atoms with Crippen molar-refractivity contribution in [3.8, 4) is 0 Å². The van der Waals surface area contributed by atoms with Gasteiger partial charge in [0.1, 0.15) is 0 Å². The van der Waals surface area contributed by atoms with E-state index in [2.05, 4.69) is 85.7 Å². The van der Waals surface area contributed by atoms with Crippen LogP contribution in [0.15, 0.2) is 79.0 Å². The smallest absolute Gasteiger partial charge is 0.0384 e. The van der Waals surface area contributed by atoms with E-state index in [1.807, 2.05) is 19.2 Å². The molecule has 2 rings (SSSR count). The van der Waals surface area contributed by atoms with Gasteiger partial charge in [-0.25, -0.2) is 0 Å². The van der Waals surface area contributed by atoms with Crippen molar-refractivity contribution in [3.05, 3.63) is 90.2 Å². The van der Waals surface area contributed by atoms with Gasteiger partial charge in [-0.3, -0.25) is 0 Å². The summed E-state index contributed by atoms with van der Waals surface area (Å²) in [6, 6.07) is 16.7. The number of rotatable bonds is 6. The molecule has 0 unspecified atom stereocenters. The predicted molar refractivity (Wildman–Crippen MR) is 103 cm³/mol. The number of anilines is 2. The van der Waals surface area contributed by atoms with Crippen LogP contribution in [0.4, 0.5) is 11.4 Å². The second-order valence-electron chi connectivity index (χ2n) is 5.55. The number of hydrogen-bond acceptors (Lipinski definition) is 2. The monoisotopic (exact) mass is 304 g/mol. The highest BCUT2D eigenvalue weighted by Crippen LogP contribution is 2.17. The molecule has 2 aromatic rings. The molecule has 0 aliphatic carbocycles. The van der Waals surface area contributed by atoms with E-state index in [-0.39, 0.29) is 0 Å². The summed E-state index contributed by atoms with van der Waals surface area (Å²) < 4.78 is 0. The predicted octanol–water partition coefficient (Wildman–Crippen LogP) is 5.62. The maximum atomic E-state index is 4.03. The Labute approximate surface area is 139 Å². The molecule has 0 atom stereocenters. The van der Waals surface area contributed by atoms with Crippen LogP contribution in [0.25, 0.3) is 5.57 Å². The summed E-state index contributed by atoms with van der Waals surface area (Å²) in [7, 11) is 1.92. The van der Waals surface area contributed by atoms with E-state index in [0.717, 1.165) is 17.1 Å². The zero-order chi connectivity index (χ0) is 16.7. The largest absolute Gasteiger partial charge is 0.388 e. The van der Waals surface area contributed by atoms with Crippen LogP contribution in [-0.2, 0) is 0 Å². The zero-order valence-electron chi connectivity index (χ0n) is 14.1. The van der Waals surface area contributed by atoms with Gasteiger partial charge in [0, 0.05) is 24.1 Å². The lowest BCUT2D eigenvalue weighted by Crippen LogP contribution is -1.94. The molecule has 2 heteroatoms. The molecule has 2 nitrogen and oxygen atoms in total. The molecule has 0 aliphatic heterocycles.